The van der Waals surface area contributed by atoms with E-state index < -0.39 is 0 Å². The van der Waals surface area contributed by atoms with Crippen molar-refractivity contribution >= 4 is 0 Å². The normalized spacial score (nSPS) is 41.5. The van der Waals surface area contributed by atoms with Crippen molar-refractivity contribution < 1.29 is 4.74 Å². The van der Waals surface area contributed by atoms with Crippen molar-refractivity contribution in [2.45, 2.75) is 122 Å². The predicted octanol–water partition coefficient (Wildman–Crippen LogP) is 9.13. The quantitative estimate of drug-likeness (QED) is 0.342. The van der Waals surface area contributed by atoms with Gasteiger partial charge in [0.15, 0.2) is 0 Å². The molecule has 0 radical (unpaired) electrons. The molecule has 0 aromatic rings. The third-order valence-corrected chi connectivity index (χ3v) is 10.0. The third kappa shape index (κ3) is 6.97. The van der Waals surface area contributed by atoms with Crippen LogP contribution in [0.4, 0.5) is 0 Å². The summed E-state index contributed by atoms with van der Waals surface area (Å²) in [5.74, 6) is 6.67. The van der Waals surface area contributed by atoms with Crippen molar-refractivity contribution in [2.75, 3.05) is 6.61 Å². The second-order valence-electron chi connectivity index (χ2n) is 12.1. The van der Waals surface area contributed by atoms with Crippen LogP contribution in [-0.2, 0) is 4.74 Å². The predicted molar refractivity (Wildman–Crippen MR) is 138 cm³/mol. The van der Waals surface area contributed by atoms with E-state index in [1.165, 1.54) is 109 Å². The molecule has 0 spiro atoms. The van der Waals surface area contributed by atoms with Gasteiger partial charge in [0.2, 0.25) is 0 Å². The molecule has 0 heterocycles. The van der Waals surface area contributed by atoms with E-state index in [-0.39, 0.29) is 0 Å². The van der Waals surface area contributed by atoms with Crippen LogP contribution in [0.1, 0.15) is 116 Å². The maximum absolute atomic E-state index is 6.02. The monoisotopic (exact) mass is 440 g/mol. The van der Waals surface area contributed by atoms with E-state index in [0.717, 1.165) is 48.0 Å². The average Bonchev–Trinajstić information content (AvgIpc) is 2.87. The number of rotatable bonds is 8. The van der Waals surface area contributed by atoms with E-state index >= 15 is 0 Å². The fourth-order valence-corrected chi connectivity index (χ4v) is 7.80. The Morgan fingerprint density at radius 1 is 0.562 bits per heavy atom. The van der Waals surface area contributed by atoms with Crippen molar-refractivity contribution in [2.24, 2.45) is 41.4 Å². The zero-order valence-corrected chi connectivity index (χ0v) is 21.2. The Morgan fingerprint density at radius 2 is 0.938 bits per heavy atom. The van der Waals surface area contributed by atoms with Crippen molar-refractivity contribution in [3.63, 3.8) is 0 Å². The summed E-state index contributed by atoms with van der Waals surface area (Å²) in [5, 5.41) is 0. The van der Waals surface area contributed by atoms with E-state index in [1.54, 1.807) is 0 Å². The number of hydrogen-bond acceptors (Lipinski definition) is 1. The maximum atomic E-state index is 6.02. The molecule has 4 fully saturated rings. The Morgan fingerprint density at radius 3 is 1.38 bits per heavy atom. The van der Waals surface area contributed by atoms with Gasteiger partial charge in [-0.15, -0.1) is 6.58 Å². The minimum atomic E-state index is 0.578. The van der Waals surface area contributed by atoms with Crippen LogP contribution in [0.15, 0.2) is 24.8 Å². The molecular weight excluding hydrogens is 388 g/mol. The molecule has 0 unspecified atom stereocenters. The van der Waals surface area contributed by atoms with E-state index in [1.807, 2.05) is 0 Å². The Balaban J connectivity index is 1.11. The van der Waals surface area contributed by atoms with Gasteiger partial charge >= 0.3 is 0 Å². The molecule has 0 N–H and O–H groups in total. The zero-order chi connectivity index (χ0) is 22.2. The van der Waals surface area contributed by atoms with Gasteiger partial charge in [0.05, 0.1) is 6.10 Å². The van der Waals surface area contributed by atoms with Gasteiger partial charge in [-0.05, 0) is 151 Å². The molecule has 4 rings (SSSR count). The summed E-state index contributed by atoms with van der Waals surface area (Å²) in [4.78, 5) is 0. The lowest BCUT2D eigenvalue weighted by atomic mass is 9.65. The molecule has 4 aliphatic carbocycles. The molecular formula is C31H52O. The van der Waals surface area contributed by atoms with Gasteiger partial charge in [0.1, 0.15) is 0 Å². The minimum Gasteiger partial charge on any atom is -0.378 e. The standard InChI is InChI=1S/C31H52O/c1-3-23-32-31-21-19-30(20-22-31)29-17-15-28(16-18-29)27-13-11-26(12-14-27)10-9-25-7-5-24(4-2)6-8-25/h4,9-10,24-31H,2-3,5-8,11-23H2,1H3/b10-9+. The second-order valence-corrected chi connectivity index (χ2v) is 12.1. The molecule has 1 heteroatoms. The molecule has 0 aliphatic heterocycles. The first-order valence-corrected chi connectivity index (χ1v) is 14.7. The molecule has 1 nitrogen and oxygen atoms in total. The molecule has 0 aromatic carbocycles. The first-order valence-electron chi connectivity index (χ1n) is 14.7. The van der Waals surface area contributed by atoms with E-state index in [4.69, 9.17) is 4.74 Å². The molecule has 0 saturated heterocycles. The maximum Gasteiger partial charge on any atom is 0.0575 e. The highest BCUT2D eigenvalue weighted by Gasteiger charge is 2.34. The third-order valence-electron chi connectivity index (χ3n) is 10.0. The highest BCUT2D eigenvalue weighted by Crippen LogP contribution is 2.45. The van der Waals surface area contributed by atoms with Gasteiger partial charge in [0.25, 0.3) is 0 Å². The van der Waals surface area contributed by atoms with Gasteiger partial charge in [-0.25, -0.2) is 0 Å². The molecule has 182 valence electrons. The van der Waals surface area contributed by atoms with Crippen LogP contribution < -0.4 is 0 Å². The molecule has 0 aromatic heterocycles. The molecule has 32 heavy (non-hydrogen) atoms. The van der Waals surface area contributed by atoms with Crippen molar-refractivity contribution in [1.29, 1.82) is 0 Å². The summed E-state index contributed by atoms with van der Waals surface area (Å²) in [5.41, 5.74) is 0. The summed E-state index contributed by atoms with van der Waals surface area (Å²) in [6, 6.07) is 0. The Labute approximate surface area is 199 Å². The average molecular weight is 441 g/mol. The van der Waals surface area contributed by atoms with Crippen LogP contribution in [0.25, 0.3) is 0 Å². The van der Waals surface area contributed by atoms with Crippen molar-refractivity contribution in [1.82, 2.24) is 0 Å². The summed E-state index contributed by atoms with van der Waals surface area (Å²) in [7, 11) is 0. The SMILES string of the molecule is C=CC1CCC(/C=C/C2CCC(C3CCC(C4CCC(OCCC)CC4)CC3)CC2)CC1. The lowest BCUT2D eigenvalue weighted by Gasteiger charge is -2.41. The highest BCUT2D eigenvalue weighted by molar-refractivity contribution is 4.98. The van der Waals surface area contributed by atoms with E-state index in [0.29, 0.717) is 6.10 Å². The van der Waals surface area contributed by atoms with Crippen LogP contribution in [-0.4, -0.2) is 12.7 Å². The van der Waals surface area contributed by atoms with Crippen LogP contribution >= 0.6 is 0 Å². The van der Waals surface area contributed by atoms with E-state index in [9.17, 15) is 0 Å². The first kappa shape index (κ1) is 24.6. The Hall–Kier alpha value is -0.560. The topological polar surface area (TPSA) is 9.23 Å². The van der Waals surface area contributed by atoms with Gasteiger partial charge in [0, 0.05) is 6.61 Å². The Bertz CT molecular complexity index is 547. The van der Waals surface area contributed by atoms with Crippen LogP contribution in [0.5, 0.6) is 0 Å². The number of ether oxygens (including phenoxy) is 1. The second kappa shape index (κ2) is 12.8. The zero-order valence-electron chi connectivity index (χ0n) is 21.2. The summed E-state index contributed by atoms with van der Waals surface area (Å²) >= 11 is 0. The van der Waals surface area contributed by atoms with Crippen LogP contribution in [0.2, 0.25) is 0 Å². The first-order chi connectivity index (χ1) is 15.7. The lowest BCUT2D eigenvalue weighted by Crippen LogP contribution is -2.31. The summed E-state index contributed by atoms with van der Waals surface area (Å²) in [6.07, 6.45) is 32.3. The summed E-state index contributed by atoms with van der Waals surface area (Å²) in [6.45, 7) is 7.18. The largest absolute Gasteiger partial charge is 0.378 e. The molecule has 0 amide bonds. The van der Waals surface area contributed by atoms with Gasteiger partial charge < -0.3 is 4.74 Å². The molecule has 4 aliphatic rings. The minimum absolute atomic E-state index is 0.578. The summed E-state index contributed by atoms with van der Waals surface area (Å²) < 4.78 is 6.02. The fraction of sp³-hybridized carbons (Fsp3) is 0.871. The van der Waals surface area contributed by atoms with Gasteiger partial charge in [-0.2, -0.15) is 0 Å². The molecule has 0 bridgehead atoms. The van der Waals surface area contributed by atoms with Gasteiger partial charge in [-0.1, -0.05) is 25.2 Å². The highest BCUT2D eigenvalue weighted by atomic mass is 16.5. The van der Waals surface area contributed by atoms with Crippen molar-refractivity contribution in [3.8, 4) is 0 Å². The molecule has 0 atom stereocenters. The van der Waals surface area contributed by atoms with Gasteiger partial charge in [-0.3, -0.25) is 0 Å². The smallest absolute Gasteiger partial charge is 0.0575 e. The fourth-order valence-electron chi connectivity index (χ4n) is 7.80. The number of hydrogen-bond donors (Lipinski definition) is 0. The molecule has 4 saturated carbocycles. The number of allylic oxidation sites excluding steroid dienone is 3. The van der Waals surface area contributed by atoms with Crippen LogP contribution in [0, 0.1) is 41.4 Å². The van der Waals surface area contributed by atoms with E-state index in [2.05, 4.69) is 31.7 Å². The Kier molecular flexibility index (Phi) is 9.81. The lowest BCUT2D eigenvalue weighted by molar-refractivity contribution is 0.00581. The van der Waals surface area contributed by atoms with Crippen molar-refractivity contribution in [3.05, 3.63) is 24.8 Å². The van der Waals surface area contributed by atoms with Crippen LogP contribution in [0.3, 0.4) is 0 Å².